The second kappa shape index (κ2) is 5.19. The van der Waals surface area contributed by atoms with Gasteiger partial charge in [0.1, 0.15) is 5.78 Å². The van der Waals surface area contributed by atoms with Gasteiger partial charge in [0.15, 0.2) is 0 Å². The number of hydrogen-bond acceptors (Lipinski definition) is 2. The van der Waals surface area contributed by atoms with Crippen LogP contribution in [-0.4, -0.2) is 29.7 Å². The van der Waals surface area contributed by atoms with Gasteiger partial charge in [-0.15, -0.1) is 0 Å². The molecule has 0 atom stereocenters. The number of benzene rings is 1. The van der Waals surface area contributed by atoms with E-state index in [1.165, 1.54) is 0 Å². The lowest BCUT2D eigenvalue weighted by Gasteiger charge is -2.26. The lowest BCUT2D eigenvalue weighted by Crippen LogP contribution is -2.38. The van der Waals surface area contributed by atoms with Crippen LogP contribution in [0.25, 0.3) is 0 Å². The summed E-state index contributed by atoms with van der Waals surface area (Å²) in [7, 11) is 0. The normalized spacial score (nSPS) is 16.1. The first kappa shape index (κ1) is 12.6. The zero-order chi connectivity index (χ0) is 12.4. The molecule has 1 heterocycles. The van der Waals surface area contributed by atoms with Crippen LogP contribution in [0.5, 0.6) is 0 Å². The largest absolute Gasteiger partial charge is 0.338 e. The summed E-state index contributed by atoms with van der Waals surface area (Å²) < 4.78 is 0.707. The molecule has 1 saturated heterocycles. The number of Topliss-reactive ketones (excluding diaryl/α,β-unsaturated/α-hetero) is 1. The lowest BCUT2D eigenvalue weighted by atomic mass is 10.1. The molecule has 2 rings (SSSR count). The maximum atomic E-state index is 12.2. The number of carbonyl (C=O) groups is 2. The zero-order valence-electron chi connectivity index (χ0n) is 9.08. The minimum Gasteiger partial charge on any atom is -0.338 e. The van der Waals surface area contributed by atoms with Crippen molar-refractivity contribution in [1.29, 1.82) is 0 Å². The molecule has 0 saturated carbocycles. The fourth-order valence-corrected chi connectivity index (χ4v) is 2.37. The molecule has 0 radical (unpaired) electrons. The summed E-state index contributed by atoms with van der Waals surface area (Å²) >= 11 is 9.37. The summed E-state index contributed by atoms with van der Waals surface area (Å²) in [5.74, 6) is 0.109. The SMILES string of the molecule is O=C1CCN(C(=O)c2cccc(Br)c2Cl)CC1. The van der Waals surface area contributed by atoms with Gasteiger partial charge in [0.05, 0.1) is 10.6 Å². The van der Waals surface area contributed by atoms with Crippen LogP contribution in [-0.2, 0) is 4.79 Å². The molecule has 0 spiro atoms. The molecule has 0 N–H and O–H groups in total. The van der Waals surface area contributed by atoms with Crippen LogP contribution in [0.1, 0.15) is 23.2 Å². The van der Waals surface area contributed by atoms with E-state index in [1.54, 1.807) is 23.1 Å². The summed E-state index contributed by atoms with van der Waals surface area (Å²) in [6.45, 7) is 0.973. The molecule has 1 aromatic rings. The minimum atomic E-state index is -0.108. The van der Waals surface area contributed by atoms with Crippen molar-refractivity contribution in [2.24, 2.45) is 0 Å². The Balaban J connectivity index is 2.20. The molecular formula is C12H11BrClNO2. The van der Waals surface area contributed by atoms with Crippen LogP contribution in [0.4, 0.5) is 0 Å². The second-order valence-electron chi connectivity index (χ2n) is 3.93. The van der Waals surface area contributed by atoms with Crippen LogP contribution in [0.15, 0.2) is 22.7 Å². The van der Waals surface area contributed by atoms with Crippen LogP contribution >= 0.6 is 27.5 Å². The predicted octanol–water partition coefficient (Wildman–Crippen LogP) is 2.91. The zero-order valence-corrected chi connectivity index (χ0v) is 11.4. The monoisotopic (exact) mass is 315 g/mol. The van der Waals surface area contributed by atoms with Gasteiger partial charge in [-0.05, 0) is 28.1 Å². The Morgan fingerprint density at radius 1 is 1.29 bits per heavy atom. The van der Waals surface area contributed by atoms with E-state index in [9.17, 15) is 9.59 Å². The average Bonchev–Trinajstić information content (AvgIpc) is 2.33. The first-order chi connectivity index (χ1) is 8.09. The highest BCUT2D eigenvalue weighted by Gasteiger charge is 2.23. The predicted molar refractivity (Wildman–Crippen MR) is 69.3 cm³/mol. The van der Waals surface area contributed by atoms with E-state index < -0.39 is 0 Å². The van der Waals surface area contributed by atoms with Gasteiger partial charge >= 0.3 is 0 Å². The van der Waals surface area contributed by atoms with Crippen LogP contribution in [0.3, 0.4) is 0 Å². The van der Waals surface area contributed by atoms with Crippen molar-refractivity contribution in [3.05, 3.63) is 33.3 Å². The number of amides is 1. The third kappa shape index (κ3) is 2.69. The number of nitrogens with zero attached hydrogens (tertiary/aromatic N) is 1. The number of halogens is 2. The van der Waals surface area contributed by atoms with E-state index in [4.69, 9.17) is 11.6 Å². The first-order valence-corrected chi connectivity index (χ1v) is 6.51. The molecule has 0 aromatic heterocycles. The highest BCUT2D eigenvalue weighted by Crippen LogP contribution is 2.27. The summed E-state index contributed by atoms with van der Waals surface area (Å²) in [5, 5.41) is 0.425. The van der Waals surface area contributed by atoms with Crippen LogP contribution in [0, 0.1) is 0 Å². The fraction of sp³-hybridized carbons (Fsp3) is 0.333. The molecule has 1 aliphatic heterocycles. The maximum Gasteiger partial charge on any atom is 0.255 e. The quantitative estimate of drug-likeness (QED) is 0.799. The standard InChI is InChI=1S/C12H11BrClNO2/c13-10-3-1-2-9(11(10)14)12(17)15-6-4-8(16)5-7-15/h1-3H,4-7H2. The number of carbonyl (C=O) groups excluding carboxylic acids is 2. The third-order valence-electron chi connectivity index (χ3n) is 2.79. The van der Waals surface area contributed by atoms with Gasteiger partial charge < -0.3 is 4.90 Å². The Kier molecular flexibility index (Phi) is 3.84. The Hall–Kier alpha value is -0.870. The van der Waals surface area contributed by atoms with Crippen molar-refractivity contribution >= 4 is 39.2 Å². The number of ketones is 1. The van der Waals surface area contributed by atoms with Crippen molar-refractivity contribution in [3.8, 4) is 0 Å². The summed E-state index contributed by atoms with van der Waals surface area (Å²) in [5.41, 5.74) is 0.482. The van der Waals surface area contributed by atoms with E-state index in [-0.39, 0.29) is 11.7 Å². The van der Waals surface area contributed by atoms with Gasteiger partial charge in [-0.3, -0.25) is 9.59 Å². The maximum absolute atomic E-state index is 12.2. The molecule has 90 valence electrons. The molecular weight excluding hydrogens is 305 g/mol. The van der Waals surface area contributed by atoms with Gasteiger partial charge in [0.25, 0.3) is 5.91 Å². The highest BCUT2D eigenvalue weighted by atomic mass is 79.9. The Morgan fingerprint density at radius 3 is 2.59 bits per heavy atom. The molecule has 3 nitrogen and oxygen atoms in total. The van der Waals surface area contributed by atoms with Crippen molar-refractivity contribution in [2.75, 3.05) is 13.1 Å². The van der Waals surface area contributed by atoms with E-state index >= 15 is 0 Å². The van der Waals surface area contributed by atoms with Gasteiger partial charge in [-0.2, -0.15) is 0 Å². The lowest BCUT2D eigenvalue weighted by molar-refractivity contribution is -0.120. The minimum absolute atomic E-state index is 0.108. The van der Waals surface area contributed by atoms with Crippen LogP contribution in [0.2, 0.25) is 5.02 Å². The number of likely N-dealkylation sites (tertiary alicyclic amines) is 1. The molecule has 5 heteroatoms. The van der Waals surface area contributed by atoms with E-state index in [0.717, 1.165) is 0 Å². The molecule has 0 bridgehead atoms. The Bertz CT molecular complexity index is 466. The van der Waals surface area contributed by atoms with E-state index in [2.05, 4.69) is 15.9 Å². The first-order valence-electron chi connectivity index (χ1n) is 5.34. The van der Waals surface area contributed by atoms with Gasteiger partial charge in [-0.25, -0.2) is 0 Å². The van der Waals surface area contributed by atoms with E-state index in [0.29, 0.717) is 41.0 Å². The average molecular weight is 317 g/mol. The van der Waals surface area contributed by atoms with Gasteiger partial charge in [0.2, 0.25) is 0 Å². The topological polar surface area (TPSA) is 37.4 Å². The molecule has 17 heavy (non-hydrogen) atoms. The molecule has 1 aromatic carbocycles. The Morgan fingerprint density at radius 2 is 1.94 bits per heavy atom. The van der Waals surface area contributed by atoms with Crippen molar-refractivity contribution in [3.63, 3.8) is 0 Å². The number of piperidine rings is 1. The number of rotatable bonds is 1. The van der Waals surface area contributed by atoms with Crippen LogP contribution < -0.4 is 0 Å². The molecule has 1 amide bonds. The summed E-state index contributed by atoms with van der Waals surface area (Å²) in [6, 6.07) is 5.27. The van der Waals surface area contributed by atoms with E-state index in [1.807, 2.05) is 0 Å². The second-order valence-corrected chi connectivity index (χ2v) is 5.16. The highest BCUT2D eigenvalue weighted by molar-refractivity contribution is 9.10. The van der Waals surface area contributed by atoms with Crippen molar-refractivity contribution in [1.82, 2.24) is 4.90 Å². The summed E-state index contributed by atoms with van der Waals surface area (Å²) in [6.07, 6.45) is 0.884. The fourth-order valence-electron chi connectivity index (χ4n) is 1.80. The summed E-state index contributed by atoms with van der Waals surface area (Å²) in [4.78, 5) is 25.0. The third-order valence-corrected chi connectivity index (χ3v) is 4.09. The Labute approximate surface area is 113 Å². The van der Waals surface area contributed by atoms with Gasteiger partial charge in [0, 0.05) is 30.4 Å². The molecule has 0 aliphatic carbocycles. The molecule has 0 unspecified atom stereocenters. The molecule has 1 fully saturated rings. The molecule has 1 aliphatic rings. The van der Waals surface area contributed by atoms with Crippen molar-refractivity contribution in [2.45, 2.75) is 12.8 Å². The van der Waals surface area contributed by atoms with Gasteiger partial charge in [-0.1, -0.05) is 17.7 Å². The number of hydrogen-bond donors (Lipinski definition) is 0. The smallest absolute Gasteiger partial charge is 0.255 e. The van der Waals surface area contributed by atoms with Crippen molar-refractivity contribution < 1.29 is 9.59 Å².